The van der Waals surface area contributed by atoms with Gasteiger partial charge in [0.15, 0.2) is 0 Å². The summed E-state index contributed by atoms with van der Waals surface area (Å²) in [5.74, 6) is 0.534. The summed E-state index contributed by atoms with van der Waals surface area (Å²) in [5.41, 5.74) is 7.29. The average molecular weight is 242 g/mol. The van der Waals surface area contributed by atoms with Crippen LogP contribution in [0.2, 0.25) is 0 Å². The van der Waals surface area contributed by atoms with Gasteiger partial charge in [-0.05, 0) is 24.0 Å². The van der Waals surface area contributed by atoms with Gasteiger partial charge >= 0.3 is 0 Å². The Morgan fingerprint density at radius 3 is 2.46 bits per heavy atom. The third-order valence-electron chi connectivity index (χ3n) is 2.27. The van der Waals surface area contributed by atoms with Crippen LogP contribution in [0.25, 0.3) is 0 Å². The lowest BCUT2D eigenvalue weighted by atomic mass is 9.97. The predicted molar refractivity (Wildman–Crippen MR) is 60.7 cm³/mol. The lowest BCUT2D eigenvalue weighted by Crippen LogP contribution is -2.28. The monoisotopic (exact) mass is 241 g/mol. The first-order valence-corrected chi connectivity index (χ1v) is 5.39. The van der Waals surface area contributed by atoms with Crippen molar-refractivity contribution in [1.82, 2.24) is 0 Å². The van der Waals surface area contributed by atoms with E-state index in [9.17, 15) is 0 Å². The van der Waals surface area contributed by atoms with E-state index in [0.29, 0.717) is 5.92 Å². The van der Waals surface area contributed by atoms with Crippen molar-refractivity contribution in [2.75, 3.05) is 0 Å². The fourth-order valence-electron chi connectivity index (χ4n) is 1.15. The van der Waals surface area contributed by atoms with Gasteiger partial charge in [-0.1, -0.05) is 48.0 Å². The molecule has 0 spiro atoms. The maximum atomic E-state index is 6.00. The van der Waals surface area contributed by atoms with Crippen LogP contribution in [-0.2, 0) is 6.42 Å². The van der Waals surface area contributed by atoms with Gasteiger partial charge in [0.1, 0.15) is 0 Å². The minimum atomic E-state index is 0.249. The first-order valence-electron chi connectivity index (χ1n) is 4.60. The normalized spacial score (nSPS) is 13.3. The summed E-state index contributed by atoms with van der Waals surface area (Å²) in [6.45, 7) is 4.31. The van der Waals surface area contributed by atoms with Crippen molar-refractivity contribution in [3.05, 3.63) is 34.3 Å². The summed E-state index contributed by atoms with van der Waals surface area (Å²) >= 11 is 3.52. The molecule has 0 aliphatic carbocycles. The number of hydrogen-bond acceptors (Lipinski definition) is 1. The predicted octanol–water partition coefficient (Wildman–Crippen LogP) is 2.97. The van der Waals surface area contributed by atoms with Gasteiger partial charge in [0.25, 0.3) is 0 Å². The minimum Gasteiger partial charge on any atom is -0.327 e. The topological polar surface area (TPSA) is 26.0 Å². The van der Waals surface area contributed by atoms with Crippen molar-refractivity contribution in [1.29, 1.82) is 0 Å². The Morgan fingerprint density at radius 2 is 1.92 bits per heavy atom. The molecule has 13 heavy (non-hydrogen) atoms. The van der Waals surface area contributed by atoms with Crippen LogP contribution in [0.4, 0.5) is 0 Å². The summed E-state index contributed by atoms with van der Waals surface area (Å²) in [6, 6.07) is 8.50. The van der Waals surface area contributed by atoms with Crippen LogP contribution in [0.15, 0.2) is 28.7 Å². The van der Waals surface area contributed by atoms with Gasteiger partial charge in [-0.15, -0.1) is 0 Å². The number of nitrogens with two attached hydrogens (primary N) is 1. The Balaban J connectivity index is 2.69. The first kappa shape index (κ1) is 10.7. The van der Waals surface area contributed by atoms with Gasteiger partial charge in [-0.3, -0.25) is 0 Å². The maximum Gasteiger partial charge on any atom is 0.0207 e. The fourth-order valence-corrected chi connectivity index (χ4v) is 1.60. The van der Waals surface area contributed by atoms with E-state index in [2.05, 4.69) is 41.9 Å². The Kier molecular flexibility index (Phi) is 3.94. The summed E-state index contributed by atoms with van der Waals surface area (Å²) in [5, 5.41) is 0. The Morgan fingerprint density at radius 1 is 1.31 bits per heavy atom. The van der Waals surface area contributed by atoms with E-state index in [1.807, 2.05) is 12.1 Å². The fraction of sp³-hybridized carbons (Fsp3) is 0.455. The van der Waals surface area contributed by atoms with Gasteiger partial charge in [0.05, 0.1) is 0 Å². The largest absolute Gasteiger partial charge is 0.327 e. The highest BCUT2D eigenvalue weighted by Gasteiger charge is 2.09. The van der Waals surface area contributed by atoms with Crippen LogP contribution in [-0.4, -0.2) is 6.04 Å². The van der Waals surface area contributed by atoms with E-state index in [-0.39, 0.29) is 6.04 Å². The highest BCUT2D eigenvalue weighted by Crippen LogP contribution is 2.18. The summed E-state index contributed by atoms with van der Waals surface area (Å²) < 4.78 is 1.16. The lowest BCUT2D eigenvalue weighted by molar-refractivity contribution is 0.490. The molecule has 0 aliphatic heterocycles. The first-order chi connectivity index (χ1) is 6.11. The zero-order chi connectivity index (χ0) is 9.84. The number of benzene rings is 1. The van der Waals surface area contributed by atoms with Gasteiger partial charge in [-0.25, -0.2) is 0 Å². The van der Waals surface area contributed by atoms with Crippen LogP contribution in [0, 0.1) is 5.92 Å². The molecule has 1 rings (SSSR count). The second kappa shape index (κ2) is 4.77. The van der Waals surface area contributed by atoms with Crippen molar-refractivity contribution in [2.24, 2.45) is 11.7 Å². The van der Waals surface area contributed by atoms with E-state index in [0.717, 1.165) is 10.9 Å². The SMILES string of the molecule is CC(C)C(N)Cc1ccccc1Br. The Bertz CT molecular complexity index is 271. The molecule has 0 radical (unpaired) electrons. The van der Waals surface area contributed by atoms with Crippen molar-refractivity contribution < 1.29 is 0 Å². The third-order valence-corrected chi connectivity index (χ3v) is 3.04. The molecular weight excluding hydrogens is 226 g/mol. The van der Waals surface area contributed by atoms with Gasteiger partial charge < -0.3 is 5.73 Å². The molecule has 0 fully saturated rings. The quantitative estimate of drug-likeness (QED) is 0.866. The van der Waals surface area contributed by atoms with Crippen molar-refractivity contribution in [3.63, 3.8) is 0 Å². The Hall–Kier alpha value is -0.340. The summed E-state index contributed by atoms with van der Waals surface area (Å²) in [4.78, 5) is 0. The molecule has 0 amide bonds. The summed E-state index contributed by atoms with van der Waals surface area (Å²) in [6.07, 6.45) is 0.944. The highest BCUT2D eigenvalue weighted by atomic mass is 79.9. The van der Waals surface area contributed by atoms with Gasteiger partial charge in [0.2, 0.25) is 0 Å². The van der Waals surface area contributed by atoms with Crippen LogP contribution in [0.3, 0.4) is 0 Å². The molecule has 1 atom stereocenters. The molecule has 2 heteroatoms. The maximum absolute atomic E-state index is 6.00. The number of hydrogen-bond donors (Lipinski definition) is 1. The molecule has 1 aromatic carbocycles. The zero-order valence-electron chi connectivity index (χ0n) is 8.13. The molecule has 1 nitrogen and oxygen atoms in total. The molecule has 0 bridgehead atoms. The molecule has 2 N–H and O–H groups in total. The molecule has 0 saturated carbocycles. The molecule has 1 aromatic rings. The van der Waals surface area contributed by atoms with Gasteiger partial charge in [-0.2, -0.15) is 0 Å². The lowest BCUT2D eigenvalue weighted by Gasteiger charge is -2.16. The molecule has 0 aliphatic rings. The molecular formula is C11H16BrN. The van der Waals surface area contributed by atoms with E-state index in [1.54, 1.807) is 0 Å². The second-order valence-electron chi connectivity index (χ2n) is 3.70. The minimum absolute atomic E-state index is 0.249. The van der Waals surface area contributed by atoms with E-state index < -0.39 is 0 Å². The third kappa shape index (κ3) is 3.12. The molecule has 0 aromatic heterocycles. The van der Waals surface area contributed by atoms with Crippen molar-refractivity contribution in [2.45, 2.75) is 26.3 Å². The number of rotatable bonds is 3. The van der Waals surface area contributed by atoms with Crippen LogP contribution < -0.4 is 5.73 Å². The number of halogens is 1. The Labute approximate surface area is 88.5 Å². The summed E-state index contributed by atoms with van der Waals surface area (Å²) in [7, 11) is 0. The molecule has 1 unspecified atom stereocenters. The van der Waals surface area contributed by atoms with Crippen LogP contribution in [0.5, 0.6) is 0 Å². The van der Waals surface area contributed by atoms with E-state index >= 15 is 0 Å². The standard InChI is InChI=1S/C11H16BrN/c1-8(2)11(13)7-9-5-3-4-6-10(9)12/h3-6,8,11H,7,13H2,1-2H3. The zero-order valence-corrected chi connectivity index (χ0v) is 9.71. The highest BCUT2D eigenvalue weighted by molar-refractivity contribution is 9.10. The molecule has 0 heterocycles. The van der Waals surface area contributed by atoms with Crippen molar-refractivity contribution >= 4 is 15.9 Å². The van der Waals surface area contributed by atoms with E-state index in [4.69, 9.17) is 5.73 Å². The molecule has 0 saturated heterocycles. The van der Waals surface area contributed by atoms with E-state index in [1.165, 1.54) is 5.56 Å². The second-order valence-corrected chi connectivity index (χ2v) is 4.56. The van der Waals surface area contributed by atoms with Crippen LogP contribution >= 0.6 is 15.9 Å². The van der Waals surface area contributed by atoms with Crippen molar-refractivity contribution in [3.8, 4) is 0 Å². The van der Waals surface area contributed by atoms with Crippen LogP contribution in [0.1, 0.15) is 19.4 Å². The smallest absolute Gasteiger partial charge is 0.0207 e. The average Bonchev–Trinajstić information content (AvgIpc) is 2.08. The van der Waals surface area contributed by atoms with Gasteiger partial charge in [0, 0.05) is 10.5 Å². The molecule has 72 valence electrons.